The minimum absolute atomic E-state index is 0.0677. The van der Waals surface area contributed by atoms with Crippen molar-refractivity contribution in [2.75, 3.05) is 11.6 Å². The first-order valence-electron chi connectivity index (χ1n) is 6.12. The van der Waals surface area contributed by atoms with Gasteiger partial charge in [-0.1, -0.05) is 26.3 Å². The van der Waals surface area contributed by atoms with Crippen LogP contribution in [0.15, 0.2) is 29.2 Å². The highest BCUT2D eigenvalue weighted by Crippen LogP contribution is 2.16. The van der Waals surface area contributed by atoms with E-state index in [0.717, 1.165) is 12.7 Å². The predicted molar refractivity (Wildman–Crippen MR) is 75.6 cm³/mol. The predicted octanol–water partition coefficient (Wildman–Crippen LogP) is 1.40. The molecule has 0 radical (unpaired) electrons. The minimum Gasteiger partial charge on any atom is -0.325 e. The van der Waals surface area contributed by atoms with Gasteiger partial charge in [-0.15, -0.1) is 0 Å². The Morgan fingerprint density at radius 3 is 2.58 bits per heavy atom. The average Bonchev–Trinajstić information content (AvgIpc) is 2.36. The van der Waals surface area contributed by atoms with Crippen LogP contribution in [0.1, 0.15) is 20.3 Å². The molecule has 0 aromatic heterocycles. The maximum absolute atomic E-state index is 11.9. The van der Waals surface area contributed by atoms with Gasteiger partial charge < -0.3 is 11.1 Å². The lowest BCUT2D eigenvalue weighted by Crippen LogP contribution is -2.40. The second-order valence-corrected chi connectivity index (χ2v) is 6.72. The molecule has 0 heterocycles. The smallest absolute Gasteiger partial charge is 0.241 e. The molecule has 1 amide bonds. The van der Waals surface area contributed by atoms with Gasteiger partial charge >= 0.3 is 0 Å². The maximum atomic E-state index is 11.9. The van der Waals surface area contributed by atoms with Gasteiger partial charge in [-0.25, -0.2) is 8.42 Å². The molecule has 1 rings (SSSR count). The molecular formula is C13H20N2O3S. The van der Waals surface area contributed by atoms with E-state index in [1.165, 1.54) is 12.1 Å². The lowest BCUT2D eigenvalue weighted by molar-refractivity contribution is -0.118. The summed E-state index contributed by atoms with van der Waals surface area (Å²) >= 11 is 0. The molecule has 0 spiro atoms. The van der Waals surface area contributed by atoms with Crippen molar-refractivity contribution in [2.45, 2.75) is 31.2 Å². The number of nitrogens with one attached hydrogen (secondary N) is 1. The van der Waals surface area contributed by atoms with E-state index in [-0.39, 0.29) is 16.7 Å². The van der Waals surface area contributed by atoms with Gasteiger partial charge in [0.2, 0.25) is 5.91 Å². The number of rotatable bonds is 5. The molecule has 19 heavy (non-hydrogen) atoms. The van der Waals surface area contributed by atoms with Crippen molar-refractivity contribution in [1.29, 1.82) is 0 Å². The number of carbonyl (C=O) groups excluding carboxylic acids is 1. The fourth-order valence-corrected chi connectivity index (χ4v) is 2.21. The first-order chi connectivity index (χ1) is 8.75. The molecule has 0 fully saturated rings. The van der Waals surface area contributed by atoms with E-state index in [4.69, 9.17) is 5.73 Å². The van der Waals surface area contributed by atoms with E-state index in [9.17, 15) is 13.2 Å². The van der Waals surface area contributed by atoms with Crippen molar-refractivity contribution in [3.8, 4) is 0 Å². The van der Waals surface area contributed by atoms with E-state index in [0.29, 0.717) is 5.69 Å². The van der Waals surface area contributed by atoms with Crippen LogP contribution in [0.4, 0.5) is 5.69 Å². The van der Waals surface area contributed by atoms with Crippen LogP contribution in [0.3, 0.4) is 0 Å². The van der Waals surface area contributed by atoms with E-state index in [1.807, 2.05) is 13.8 Å². The number of nitrogens with two attached hydrogens (primary N) is 1. The highest BCUT2D eigenvalue weighted by Gasteiger charge is 2.19. The zero-order valence-electron chi connectivity index (χ0n) is 11.4. The Labute approximate surface area is 114 Å². The SMILES string of the molecule is CC[C@H](C)[C@H](N)C(=O)Nc1cccc(S(C)(=O)=O)c1. The molecule has 106 valence electrons. The Hall–Kier alpha value is -1.40. The van der Waals surface area contributed by atoms with Crippen molar-refractivity contribution in [3.05, 3.63) is 24.3 Å². The van der Waals surface area contributed by atoms with Crippen molar-refractivity contribution in [1.82, 2.24) is 0 Å². The summed E-state index contributed by atoms with van der Waals surface area (Å²) in [5.41, 5.74) is 6.25. The molecule has 6 heteroatoms. The van der Waals surface area contributed by atoms with Gasteiger partial charge in [0.15, 0.2) is 9.84 Å². The average molecular weight is 284 g/mol. The summed E-state index contributed by atoms with van der Waals surface area (Å²) in [6, 6.07) is 5.53. The highest BCUT2D eigenvalue weighted by atomic mass is 32.2. The Morgan fingerprint density at radius 1 is 1.42 bits per heavy atom. The van der Waals surface area contributed by atoms with Gasteiger partial charge in [-0.2, -0.15) is 0 Å². The van der Waals surface area contributed by atoms with Gasteiger partial charge in [0.05, 0.1) is 10.9 Å². The Morgan fingerprint density at radius 2 is 2.05 bits per heavy atom. The highest BCUT2D eigenvalue weighted by molar-refractivity contribution is 7.90. The Kier molecular flexibility index (Phi) is 5.08. The fraction of sp³-hybridized carbons (Fsp3) is 0.462. The monoisotopic (exact) mass is 284 g/mol. The van der Waals surface area contributed by atoms with Crippen molar-refractivity contribution in [2.24, 2.45) is 11.7 Å². The largest absolute Gasteiger partial charge is 0.325 e. The third kappa shape index (κ3) is 4.33. The molecule has 1 aromatic carbocycles. The molecule has 0 bridgehead atoms. The number of amides is 1. The van der Waals surface area contributed by atoms with Crippen molar-refractivity contribution < 1.29 is 13.2 Å². The Bertz CT molecular complexity index is 555. The van der Waals surface area contributed by atoms with E-state index in [2.05, 4.69) is 5.32 Å². The molecule has 0 aliphatic heterocycles. The van der Waals surface area contributed by atoms with Gasteiger partial charge in [-0.05, 0) is 24.1 Å². The lowest BCUT2D eigenvalue weighted by Gasteiger charge is -2.17. The summed E-state index contributed by atoms with van der Waals surface area (Å²) < 4.78 is 22.8. The van der Waals surface area contributed by atoms with E-state index < -0.39 is 15.9 Å². The summed E-state index contributed by atoms with van der Waals surface area (Å²) in [6.07, 6.45) is 1.93. The molecule has 3 N–H and O–H groups in total. The molecule has 0 saturated heterocycles. The summed E-state index contributed by atoms with van der Waals surface area (Å²) in [5, 5.41) is 2.64. The quantitative estimate of drug-likeness (QED) is 0.855. The van der Waals surface area contributed by atoms with Gasteiger partial charge in [0, 0.05) is 11.9 Å². The molecule has 0 aliphatic rings. The number of anilines is 1. The maximum Gasteiger partial charge on any atom is 0.241 e. The van der Waals surface area contributed by atoms with E-state index >= 15 is 0 Å². The van der Waals surface area contributed by atoms with Crippen LogP contribution >= 0.6 is 0 Å². The van der Waals surface area contributed by atoms with Crippen LogP contribution in [-0.2, 0) is 14.6 Å². The van der Waals surface area contributed by atoms with Crippen LogP contribution in [0.25, 0.3) is 0 Å². The number of carbonyl (C=O) groups is 1. The summed E-state index contributed by atoms with van der Waals surface area (Å²) in [6.45, 7) is 3.86. The summed E-state index contributed by atoms with van der Waals surface area (Å²) in [4.78, 5) is 12.1. The van der Waals surface area contributed by atoms with Gasteiger partial charge in [-0.3, -0.25) is 4.79 Å². The molecule has 1 aromatic rings. The lowest BCUT2D eigenvalue weighted by atomic mass is 9.99. The van der Waals surface area contributed by atoms with Crippen LogP contribution in [0, 0.1) is 5.92 Å². The third-order valence-electron chi connectivity index (χ3n) is 3.09. The minimum atomic E-state index is -3.28. The first-order valence-corrected chi connectivity index (χ1v) is 8.01. The normalized spacial score (nSPS) is 14.7. The van der Waals surface area contributed by atoms with Crippen LogP contribution in [0.2, 0.25) is 0 Å². The zero-order valence-corrected chi connectivity index (χ0v) is 12.2. The number of hydrogen-bond donors (Lipinski definition) is 2. The number of sulfone groups is 1. The van der Waals surface area contributed by atoms with Crippen LogP contribution in [0.5, 0.6) is 0 Å². The van der Waals surface area contributed by atoms with Crippen LogP contribution < -0.4 is 11.1 Å². The Balaban J connectivity index is 2.86. The second kappa shape index (κ2) is 6.16. The third-order valence-corrected chi connectivity index (χ3v) is 4.20. The molecule has 0 unspecified atom stereocenters. The molecule has 2 atom stereocenters. The zero-order chi connectivity index (χ0) is 14.6. The van der Waals surface area contributed by atoms with Crippen LogP contribution in [-0.4, -0.2) is 26.6 Å². The van der Waals surface area contributed by atoms with Gasteiger partial charge in [0.1, 0.15) is 0 Å². The molecule has 5 nitrogen and oxygen atoms in total. The molecule has 0 saturated carbocycles. The first kappa shape index (κ1) is 15.7. The van der Waals surface area contributed by atoms with Crippen molar-refractivity contribution >= 4 is 21.4 Å². The fourth-order valence-electron chi connectivity index (χ4n) is 1.54. The number of hydrogen-bond acceptors (Lipinski definition) is 4. The second-order valence-electron chi connectivity index (χ2n) is 4.70. The van der Waals surface area contributed by atoms with Crippen molar-refractivity contribution in [3.63, 3.8) is 0 Å². The molecular weight excluding hydrogens is 264 g/mol. The molecule has 0 aliphatic carbocycles. The van der Waals surface area contributed by atoms with Gasteiger partial charge in [0.25, 0.3) is 0 Å². The standard InChI is InChI=1S/C13H20N2O3S/c1-4-9(2)12(14)13(16)15-10-6-5-7-11(8-10)19(3,17)18/h5-9,12H,4,14H2,1-3H3,(H,15,16)/t9-,12-/m0/s1. The summed E-state index contributed by atoms with van der Waals surface area (Å²) in [7, 11) is -3.28. The number of benzene rings is 1. The van der Waals surface area contributed by atoms with E-state index in [1.54, 1.807) is 12.1 Å². The topological polar surface area (TPSA) is 89.3 Å². The summed E-state index contributed by atoms with van der Waals surface area (Å²) in [5.74, 6) is -0.238.